The summed E-state index contributed by atoms with van der Waals surface area (Å²) in [5.74, 6) is 0. The number of nitrogens with zero attached hydrogens (tertiary/aromatic N) is 3. The van der Waals surface area contributed by atoms with E-state index in [0.717, 1.165) is 5.39 Å². The molecule has 0 saturated carbocycles. The van der Waals surface area contributed by atoms with E-state index in [1.165, 1.54) is 6.07 Å². The molecule has 3 rings (SSSR count). The van der Waals surface area contributed by atoms with Crippen LogP contribution in [-0.2, 0) is 16.6 Å². The molecule has 0 aliphatic heterocycles. The van der Waals surface area contributed by atoms with E-state index in [-0.39, 0.29) is 5.03 Å². The third-order valence-electron chi connectivity index (χ3n) is 3.09. The summed E-state index contributed by atoms with van der Waals surface area (Å²) in [6.45, 7) is 2.51. The minimum atomic E-state index is -3.72. The predicted molar refractivity (Wildman–Crippen MR) is 80.5 cm³/mol. The number of aromatic nitrogens is 3. The molecule has 0 aliphatic carbocycles. The van der Waals surface area contributed by atoms with E-state index in [4.69, 9.17) is 0 Å². The van der Waals surface area contributed by atoms with Crippen molar-refractivity contribution < 1.29 is 8.42 Å². The van der Waals surface area contributed by atoms with Crippen molar-refractivity contribution in [3.8, 4) is 0 Å². The largest absolute Gasteiger partial charge is 0.281 e. The number of nitrogens with one attached hydrogen (secondary N) is 1. The van der Waals surface area contributed by atoms with E-state index in [1.807, 2.05) is 25.1 Å². The fraction of sp³-hybridized carbons (Fsp3) is 0.143. The van der Waals surface area contributed by atoms with E-state index in [9.17, 15) is 8.42 Å². The second-order valence-electron chi connectivity index (χ2n) is 4.50. The Morgan fingerprint density at radius 1 is 1.19 bits per heavy atom. The van der Waals surface area contributed by atoms with Crippen LogP contribution in [0.1, 0.15) is 6.92 Å². The zero-order valence-electron chi connectivity index (χ0n) is 11.4. The number of sulfonamides is 1. The van der Waals surface area contributed by atoms with E-state index >= 15 is 0 Å². The lowest BCUT2D eigenvalue weighted by Crippen LogP contribution is -2.14. The molecule has 7 heteroatoms. The highest BCUT2D eigenvalue weighted by atomic mass is 32.2. The SMILES string of the molecule is CCn1ccc(S(=O)(=O)Nc2cccc3cccnc23)n1. The average Bonchev–Trinajstić information content (AvgIpc) is 2.97. The zero-order valence-corrected chi connectivity index (χ0v) is 12.2. The van der Waals surface area contributed by atoms with Crippen molar-refractivity contribution in [2.75, 3.05) is 4.72 Å². The van der Waals surface area contributed by atoms with Gasteiger partial charge in [-0.2, -0.15) is 13.5 Å². The summed E-state index contributed by atoms with van der Waals surface area (Å²) in [5.41, 5.74) is 1.05. The molecular formula is C14H14N4O2S. The molecule has 0 unspecified atom stereocenters. The normalized spacial score (nSPS) is 11.7. The summed E-state index contributed by atoms with van der Waals surface area (Å²) in [6, 6.07) is 10.5. The van der Waals surface area contributed by atoms with E-state index in [2.05, 4.69) is 14.8 Å². The average molecular weight is 302 g/mol. The molecule has 0 atom stereocenters. The van der Waals surface area contributed by atoms with Gasteiger partial charge in [-0.15, -0.1) is 0 Å². The number of hydrogen-bond donors (Lipinski definition) is 1. The van der Waals surface area contributed by atoms with Gasteiger partial charge in [0.25, 0.3) is 10.0 Å². The third-order valence-corrected chi connectivity index (χ3v) is 4.35. The number of rotatable bonds is 4. The predicted octanol–water partition coefficient (Wildman–Crippen LogP) is 2.25. The fourth-order valence-electron chi connectivity index (χ4n) is 2.05. The molecule has 1 N–H and O–H groups in total. The maximum atomic E-state index is 12.4. The Bertz CT molecular complexity index is 881. The first-order valence-corrected chi connectivity index (χ1v) is 7.98. The molecule has 0 aliphatic rings. The zero-order chi connectivity index (χ0) is 14.9. The van der Waals surface area contributed by atoms with Crippen molar-refractivity contribution in [1.82, 2.24) is 14.8 Å². The van der Waals surface area contributed by atoms with Gasteiger partial charge in [-0.1, -0.05) is 18.2 Å². The summed E-state index contributed by atoms with van der Waals surface area (Å²) in [6.07, 6.45) is 3.27. The molecule has 0 fully saturated rings. The Hall–Kier alpha value is -2.41. The van der Waals surface area contributed by atoms with Crippen LogP contribution in [0.15, 0.2) is 53.8 Å². The topological polar surface area (TPSA) is 76.9 Å². The van der Waals surface area contributed by atoms with Crippen molar-refractivity contribution in [1.29, 1.82) is 0 Å². The standard InChI is InChI=1S/C14H14N4O2S/c1-2-18-10-8-13(16-18)21(19,20)17-12-7-3-5-11-6-4-9-15-14(11)12/h3-10,17H,2H2,1H3. The van der Waals surface area contributed by atoms with Crippen LogP contribution in [0.4, 0.5) is 5.69 Å². The molecular weight excluding hydrogens is 288 g/mol. The first-order valence-electron chi connectivity index (χ1n) is 6.50. The molecule has 108 valence electrons. The first-order chi connectivity index (χ1) is 10.1. The van der Waals surface area contributed by atoms with Crippen molar-refractivity contribution in [3.05, 3.63) is 48.8 Å². The minimum absolute atomic E-state index is 0.00251. The molecule has 0 radical (unpaired) electrons. The summed E-state index contributed by atoms with van der Waals surface area (Å²) >= 11 is 0. The molecule has 6 nitrogen and oxygen atoms in total. The summed E-state index contributed by atoms with van der Waals surface area (Å²) in [4.78, 5) is 4.23. The Labute approximate surface area is 122 Å². The molecule has 2 heterocycles. The molecule has 3 aromatic rings. The number of fused-ring (bicyclic) bond motifs is 1. The number of pyridine rings is 1. The Kier molecular flexibility index (Phi) is 3.34. The lowest BCUT2D eigenvalue weighted by Gasteiger charge is -2.08. The lowest BCUT2D eigenvalue weighted by atomic mass is 10.2. The maximum Gasteiger partial charge on any atom is 0.281 e. The van der Waals surface area contributed by atoms with Crippen LogP contribution in [-0.4, -0.2) is 23.2 Å². The van der Waals surface area contributed by atoms with Crippen LogP contribution in [0, 0.1) is 0 Å². The van der Waals surface area contributed by atoms with Gasteiger partial charge in [0.05, 0.1) is 11.2 Å². The molecule has 0 amide bonds. The van der Waals surface area contributed by atoms with Crippen LogP contribution in [0.25, 0.3) is 10.9 Å². The number of para-hydroxylation sites is 1. The fourth-order valence-corrected chi connectivity index (χ4v) is 3.06. The van der Waals surface area contributed by atoms with Crippen molar-refractivity contribution in [3.63, 3.8) is 0 Å². The van der Waals surface area contributed by atoms with Crippen molar-refractivity contribution in [2.24, 2.45) is 0 Å². The second kappa shape index (κ2) is 5.17. The minimum Gasteiger partial charge on any atom is -0.276 e. The van der Waals surface area contributed by atoms with Crippen molar-refractivity contribution >= 4 is 26.6 Å². The second-order valence-corrected chi connectivity index (χ2v) is 6.13. The third kappa shape index (κ3) is 2.59. The highest BCUT2D eigenvalue weighted by Crippen LogP contribution is 2.23. The maximum absolute atomic E-state index is 12.4. The smallest absolute Gasteiger partial charge is 0.276 e. The summed E-state index contributed by atoms with van der Waals surface area (Å²) in [7, 11) is -3.72. The van der Waals surface area contributed by atoms with Gasteiger partial charge in [-0.05, 0) is 25.1 Å². The molecule has 0 bridgehead atoms. The van der Waals surface area contributed by atoms with E-state index in [1.54, 1.807) is 29.2 Å². The highest BCUT2D eigenvalue weighted by molar-refractivity contribution is 7.92. The van der Waals surface area contributed by atoms with Gasteiger partial charge in [-0.25, -0.2) is 0 Å². The lowest BCUT2D eigenvalue weighted by molar-refractivity contribution is 0.586. The number of hydrogen-bond acceptors (Lipinski definition) is 4. The van der Waals surface area contributed by atoms with Gasteiger partial charge in [0.1, 0.15) is 0 Å². The molecule has 1 aromatic carbocycles. The summed E-state index contributed by atoms with van der Waals surface area (Å²) in [5, 5.41) is 4.89. The van der Waals surface area contributed by atoms with Gasteiger partial charge in [0.2, 0.25) is 0 Å². The van der Waals surface area contributed by atoms with Crippen LogP contribution in [0.3, 0.4) is 0 Å². The van der Waals surface area contributed by atoms with Gasteiger partial charge in [0.15, 0.2) is 5.03 Å². The highest BCUT2D eigenvalue weighted by Gasteiger charge is 2.18. The van der Waals surface area contributed by atoms with E-state index < -0.39 is 10.0 Å². The van der Waals surface area contributed by atoms with Crippen molar-refractivity contribution in [2.45, 2.75) is 18.5 Å². The van der Waals surface area contributed by atoms with E-state index in [0.29, 0.717) is 17.7 Å². The molecule has 21 heavy (non-hydrogen) atoms. The molecule has 2 aromatic heterocycles. The number of aryl methyl sites for hydroxylation is 1. The van der Waals surface area contributed by atoms with Gasteiger partial charge in [0, 0.05) is 24.3 Å². The van der Waals surface area contributed by atoms with Crippen LogP contribution >= 0.6 is 0 Å². The van der Waals surface area contributed by atoms with Gasteiger partial charge >= 0.3 is 0 Å². The molecule has 0 spiro atoms. The Morgan fingerprint density at radius 2 is 2.00 bits per heavy atom. The van der Waals surface area contributed by atoms with Crippen LogP contribution < -0.4 is 4.72 Å². The molecule has 0 saturated heterocycles. The van der Waals surface area contributed by atoms with Gasteiger partial charge in [-0.3, -0.25) is 14.4 Å². The number of anilines is 1. The number of benzene rings is 1. The Balaban J connectivity index is 2.01. The summed E-state index contributed by atoms with van der Waals surface area (Å²) < 4.78 is 28.8. The van der Waals surface area contributed by atoms with Crippen LogP contribution in [0.2, 0.25) is 0 Å². The van der Waals surface area contributed by atoms with Gasteiger partial charge < -0.3 is 0 Å². The first kappa shape index (κ1) is 13.6. The quantitative estimate of drug-likeness (QED) is 0.802. The van der Waals surface area contributed by atoms with Crippen LogP contribution in [0.5, 0.6) is 0 Å². The Morgan fingerprint density at radius 3 is 2.76 bits per heavy atom. The monoisotopic (exact) mass is 302 g/mol.